The first-order valence-corrected chi connectivity index (χ1v) is 13.1. The Kier molecular flexibility index (Phi) is 7.20. The maximum Gasteiger partial charge on any atom is 0.308 e. The van der Waals surface area contributed by atoms with Crippen molar-refractivity contribution in [2.75, 3.05) is 4.90 Å². The number of hydrogen-bond acceptors (Lipinski definition) is 8. The van der Waals surface area contributed by atoms with Crippen molar-refractivity contribution < 1.29 is 19.1 Å². The van der Waals surface area contributed by atoms with Gasteiger partial charge in [0.1, 0.15) is 5.75 Å². The molecule has 0 saturated carbocycles. The van der Waals surface area contributed by atoms with Gasteiger partial charge in [-0.2, -0.15) is 4.98 Å². The van der Waals surface area contributed by atoms with Crippen molar-refractivity contribution in [3.8, 4) is 22.9 Å². The first-order valence-electron chi connectivity index (χ1n) is 11.4. The Morgan fingerprint density at radius 2 is 1.78 bits per heavy atom. The number of amides is 1. The maximum absolute atomic E-state index is 13.0. The zero-order valence-corrected chi connectivity index (χ0v) is 22.3. The number of halogens is 1. The first kappa shape index (κ1) is 24.9. The minimum absolute atomic E-state index is 0.247. The lowest BCUT2D eigenvalue weighted by atomic mass is 10.1. The molecule has 0 radical (unpaired) electrons. The molecule has 0 fully saturated rings. The van der Waals surface area contributed by atoms with E-state index in [4.69, 9.17) is 9.47 Å². The van der Waals surface area contributed by atoms with Gasteiger partial charge < -0.3 is 9.47 Å². The number of aromatic nitrogens is 3. The van der Waals surface area contributed by atoms with E-state index in [0.29, 0.717) is 43.6 Å². The number of esters is 1. The van der Waals surface area contributed by atoms with Crippen LogP contribution in [0, 0.1) is 0 Å². The third-order valence-electron chi connectivity index (χ3n) is 5.56. The lowest BCUT2D eigenvalue weighted by Crippen LogP contribution is -2.36. The molecule has 1 aromatic heterocycles. The van der Waals surface area contributed by atoms with Gasteiger partial charge in [-0.05, 0) is 29.8 Å². The van der Waals surface area contributed by atoms with Crippen molar-refractivity contribution in [3.05, 3.63) is 88.4 Å². The summed E-state index contributed by atoms with van der Waals surface area (Å²) in [5, 5.41) is 9.24. The number of hydrogen-bond donors (Lipinski definition) is 0. The normalized spacial score (nSPS) is 14.1. The van der Waals surface area contributed by atoms with E-state index in [9.17, 15) is 9.59 Å². The molecule has 0 spiro atoms. The highest BCUT2D eigenvalue weighted by molar-refractivity contribution is 9.10. The zero-order chi connectivity index (χ0) is 25.9. The summed E-state index contributed by atoms with van der Waals surface area (Å²) in [7, 11) is 0. The summed E-state index contributed by atoms with van der Waals surface area (Å²) in [5.41, 5.74) is 3.41. The molecule has 5 rings (SSSR count). The van der Waals surface area contributed by atoms with Gasteiger partial charge in [0.05, 0.1) is 5.69 Å². The Labute approximate surface area is 226 Å². The lowest BCUT2D eigenvalue weighted by molar-refractivity contribution is -0.132. The summed E-state index contributed by atoms with van der Waals surface area (Å²) in [5.74, 6) is 0.538. The quantitative estimate of drug-likeness (QED) is 0.163. The first-order chi connectivity index (χ1) is 17.9. The van der Waals surface area contributed by atoms with Gasteiger partial charge in [0, 0.05) is 35.2 Å². The van der Waals surface area contributed by atoms with Gasteiger partial charge in [-0.3, -0.25) is 14.5 Å². The van der Waals surface area contributed by atoms with Crippen molar-refractivity contribution in [1.82, 2.24) is 15.2 Å². The molecule has 10 heteroatoms. The molecule has 1 aliphatic heterocycles. The maximum atomic E-state index is 13.0. The number of thioether (sulfide) groups is 1. The predicted octanol–water partition coefficient (Wildman–Crippen LogP) is 5.96. The largest absolute Gasteiger partial charge is 0.447 e. The smallest absolute Gasteiger partial charge is 0.308 e. The van der Waals surface area contributed by atoms with Crippen LogP contribution < -0.4 is 14.4 Å². The van der Waals surface area contributed by atoms with Gasteiger partial charge in [0.2, 0.25) is 23.2 Å². The lowest BCUT2D eigenvalue weighted by Gasteiger charge is -2.30. The van der Waals surface area contributed by atoms with E-state index in [2.05, 4.69) is 31.1 Å². The highest BCUT2D eigenvalue weighted by Crippen LogP contribution is 2.45. The summed E-state index contributed by atoms with van der Waals surface area (Å²) in [6, 6.07) is 22.4. The molecule has 0 N–H and O–H groups in total. The van der Waals surface area contributed by atoms with E-state index in [-0.39, 0.29) is 11.8 Å². The molecular formula is C27H21BrN4O4S. The molecule has 2 heterocycles. The number of carbonyl (C=O) groups is 2. The number of para-hydroxylation sites is 1. The molecular weight excluding hydrogens is 556 g/mol. The summed E-state index contributed by atoms with van der Waals surface area (Å²) in [6.07, 6.45) is -0.923. The van der Waals surface area contributed by atoms with E-state index >= 15 is 0 Å². The third kappa shape index (κ3) is 5.35. The fourth-order valence-corrected chi connectivity index (χ4v) is 5.16. The number of rotatable bonds is 5. The Morgan fingerprint density at radius 3 is 2.54 bits per heavy atom. The summed E-state index contributed by atoms with van der Waals surface area (Å²) in [4.78, 5) is 30.8. The zero-order valence-electron chi connectivity index (χ0n) is 19.9. The molecule has 4 aromatic rings. The van der Waals surface area contributed by atoms with Crippen molar-refractivity contribution in [3.63, 3.8) is 0 Å². The van der Waals surface area contributed by atoms with Crippen LogP contribution in [0.3, 0.4) is 0 Å². The molecule has 0 saturated heterocycles. The number of fused-ring (bicyclic) bond motifs is 3. The van der Waals surface area contributed by atoms with Gasteiger partial charge in [-0.25, -0.2) is 0 Å². The van der Waals surface area contributed by atoms with Crippen molar-refractivity contribution in [2.45, 2.75) is 31.0 Å². The molecule has 37 heavy (non-hydrogen) atoms. The van der Waals surface area contributed by atoms with Crippen LogP contribution in [0.15, 0.2) is 82.4 Å². The van der Waals surface area contributed by atoms with Crippen molar-refractivity contribution >= 4 is 45.3 Å². The topological polar surface area (TPSA) is 94.5 Å². The molecule has 0 bridgehead atoms. The minimum Gasteiger partial charge on any atom is -0.447 e. The summed E-state index contributed by atoms with van der Waals surface area (Å²) >= 11 is 5.01. The van der Waals surface area contributed by atoms with E-state index in [1.807, 2.05) is 54.6 Å². The number of carbonyl (C=O) groups excluding carboxylic acids is 2. The van der Waals surface area contributed by atoms with E-state index < -0.39 is 12.2 Å². The molecule has 3 aromatic carbocycles. The van der Waals surface area contributed by atoms with Crippen LogP contribution in [0.5, 0.6) is 11.6 Å². The molecule has 1 amide bonds. The standard InChI is InChI=1S/C27H21BrN4O4S/c1-16(33)32-23-11-7-6-10-20(23)24-25(29-27(31-30-24)37-15-18-8-4-3-5-9-18)36-26(32)21-14-19(35-17(2)34)12-13-22(21)28/h3-14,26H,15H2,1-2H3/t26-/m1/s1. The van der Waals surface area contributed by atoms with Crippen molar-refractivity contribution in [2.24, 2.45) is 0 Å². The van der Waals surface area contributed by atoms with Crippen LogP contribution in [-0.2, 0) is 15.3 Å². The van der Waals surface area contributed by atoms with E-state index in [0.717, 1.165) is 5.56 Å². The highest BCUT2D eigenvalue weighted by Gasteiger charge is 2.35. The third-order valence-corrected chi connectivity index (χ3v) is 7.19. The van der Waals surface area contributed by atoms with E-state index in [1.165, 1.54) is 30.5 Å². The average Bonchev–Trinajstić information content (AvgIpc) is 3.03. The Bertz CT molecular complexity index is 1480. The monoisotopic (exact) mass is 576 g/mol. The van der Waals surface area contributed by atoms with Crippen LogP contribution in [0.25, 0.3) is 11.3 Å². The van der Waals surface area contributed by atoms with Crippen LogP contribution in [0.2, 0.25) is 0 Å². The summed E-state index contributed by atoms with van der Waals surface area (Å²) < 4.78 is 12.4. The second-order valence-corrected chi connectivity index (χ2v) is 9.97. The molecule has 1 aliphatic rings. The second-order valence-electron chi connectivity index (χ2n) is 8.18. The van der Waals surface area contributed by atoms with Crippen LogP contribution in [0.1, 0.15) is 31.2 Å². The van der Waals surface area contributed by atoms with Gasteiger partial charge in [0.15, 0.2) is 5.69 Å². The van der Waals surface area contributed by atoms with Crippen LogP contribution in [-0.4, -0.2) is 27.1 Å². The number of anilines is 1. The minimum atomic E-state index is -0.923. The Balaban J connectivity index is 1.61. The SMILES string of the molecule is CC(=O)Oc1ccc(Br)c([C@H]2Oc3nc(SCc4ccccc4)nnc3-c3ccccc3N2C(C)=O)c1. The predicted molar refractivity (Wildman–Crippen MR) is 143 cm³/mol. The Hall–Kier alpha value is -3.76. The molecule has 0 aliphatic carbocycles. The number of ether oxygens (including phenoxy) is 2. The molecule has 8 nitrogen and oxygen atoms in total. The summed E-state index contributed by atoms with van der Waals surface area (Å²) in [6.45, 7) is 2.79. The fourth-order valence-electron chi connectivity index (χ4n) is 3.98. The number of benzene rings is 3. The van der Waals surface area contributed by atoms with E-state index in [1.54, 1.807) is 18.2 Å². The average molecular weight is 577 g/mol. The van der Waals surface area contributed by atoms with Gasteiger partial charge >= 0.3 is 5.97 Å². The molecule has 1 atom stereocenters. The fraction of sp³-hybridized carbons (Fsp3) is 0.148. The van der Waals surface area contributed by atoms with Crippen molar-refractivity contribution in [1.29, 1.82) is 0 Å². The van der Waals surface area contributed by atoms with Gasteiger partial charge in [0.25, 0.3) is 0 Å². The van der Waals surface area contributed by atoms with Gasteiger partial charge in [-0.15, -0.1) is 10.2 Å². The Morgan fingerprint density at radius 1 is 1.03 bits per heavy atom. The highest BCUT2D eigenvalue weighted by atomic mass is 79.9. The second kappa shape index (κ2) is 10.7. The van der Waals surface area contributed by atoms with Gasteiger partial charge in [-0.1, -0.05) is 76.2 Å². The molecule has 0 unspecified atom stereocenters. The van der Waals surface area contributed by atoms with Crippen LogP contribution in [0.4, 0.5) is 5.69 Å². The molecule has 186 valence electrons. The number of nitrogens with zero attached hydrogens (tertiary/aromatic N) is 4. The van der Waals surface area contributed by atoms with Crippen LogP contribution >= 0.6 is 27.7 Å².